The summed E-state index contributed by atoms with van der Waals surface area (Å²) in [5.41, 5.74) is 0.863. The summed E-state index contributed by atoms with van der Waals surface area (Å²) >= 11 is 5.83. The number of likely N-dealkylation sites (tertiary alicyclic amines) is 1. The maximum Gasteiger partial charge on any atom is 0.147 e. The van der Waals surface area contributed by atoms with Crippen LogP contribution >= 0.6 is 11.6 Å². The molecule has 0 N–H and O–H groups in total. The van der Waals surface area contributed by atoms with Crippen molar-refractivity contribution >= 4 is 17.4 Å². The average molecular weight is 295 g/mol. The molecular weight excluding hydrogens is 272 g/mol. The first-order valence-electron chi connectivity index (χ1n) is 7.72. The van der Waals surface area contributed by atoms with Crippen LogP contribution in [0.4, 0.5) is 5.82 Å². The molecule has 2 aliphatic rings. The zero-order chi connectivity index (χ0) is 13.8. The summed E-state index contributed by atoms with van der Waals surface area (Å²) in [5, 5.41) is 0. The van der Waals surface area contributed by atoms with Gasteiger partial charge < -0.3 is 9.80 Å². The zero-order valence-electron chi connectivity index (χ0n) is 12.0. The van der Waals surface area contributed by atoms with Gasteiger partial charge in [-0.05, 0) is 38.8 Å². The Bertz CT molecular complexity index is 426. The van der Waals surface area contributed by atoms with E-state index in [4.69, 9.17) is 11.6 Å². The fourth-order valence-corrected chi connectivity index (χ4v) is 3.48. The van der Waals surface area contributed by atoms with Gasteiger partial charge in [-0.3, -0.25) is 4.98 Å². The SMILES string of the molecule is ClCc1cncc(N2CCC(N3CCCCC3)CC2)n1. The highest BCUT2D eigenvalue weighted by Crippen LogP contribution is 2.23. The molecule has 0 spiro atoms. The van der Waals surface area contributed by atoms with Crippen LogP contribution in [0.5, 0.6) is 0 Å². The third kappa shape index (κ3) is 3.23. The van der Waals surface area contributed by atoms with Gasteiger partial charge in [0.15, 0.2) is 0 Å². The fourth-order valence-electron chi connectivity index (χ4n) is 3.36. The molecule has 2 aliphatic heterocycles. The molecule has 5 heteroatoms. The van der Waals surface area contributed by atoms with E-state index in [2.05, 4.69) is 19.8 Å². The summed E-state index contributed by atoms with van der Waals surface area (Å²) in [6, 6.07) is 0.774. The van der Waals surface area contributed by atoms with Gasteiger partial charge in [0.2, 0.25) is 0 Å². The van der Waals surface area contributed by atoms with E-state index < -0.39 is 0 Å². The fraction of sp³-hybridized carbons (Fsp3) is 0.733. The lowest BCUT2D eigenvalue weighted by Gasteiger charge is -2.40. The van der Waals surface area contributed by atoms with Crippen molar-refractivity contribution in [1.29, 1.82) is 0 Å². The van der Waals surface area contributed by atoms with Crippen LogP contribution in [-0.2, 0) is 5.88 Å². The van der Waals surface area contributed by atoms with E-state index in [-0.39, 0.29) is 0 Å². The molecule has 3 rings (SSSR count). The molecule has 4 nitrogen and oxygen atoms in total. The van der Waals surface area contributed by atoms with Crippen molar-refractivity contribution in [2.45, 2.75) is 44.0 Å². The van der Waals surface area contributed by atoms with Crippen molar-refractivity contribution in [2.75, 3.05) is 31.1 Å². The monoisotopic (exact) mass is 294 g/mol. The van der Waals surface area contributed by atoms with Crippen LogP contribution in [0.15, 0.2) is 12.4 Å². The minimum absolute atomic E-state index is 0.436. The number of nitrogens with zero attached hydrogens (tertiary/aromatic N) is 4. The lowest BCUT2D eigenvalue weighted by atomic mass is 10.00. The molecule has 0 atom stereocenters. The molecule has 3 heterocycles. The van der Waals surface area contributed by atoms with Crippen LogP contribution in [0.25, 0.3) is 0 Å². The standard InChI is InChI=1S/C15H23ClN4/c16-10-13-11-17-12-15(18-13)20-8-4-14(5-9-20)19-6-2-1-3-7-19/h11-12,14H,1-10H2. The molecule has 0 aromatic carbocycles. The average Bonchev–Trinajstić information content (AvgIpc) is 2.56. The second kappa shape index (κ2) is 6.72. The number of rotatable bonds is 3. The Balaban J connectivity index is 1.57. The second-order valence-corrected chi connectivity index (χ2v) is 6.08. The summed E-state index contributed by atoms with van der Waals surface area (Å²) in [6.45, 7) is 4.77. The zero-order valence-corrected chi connectivity index (χ0v) is 12.7. The Labute approximate surface area is 126 Å². The van der Waals surface area contributed by atoms with Crippen LogP contribution < -0.4 is 4.90 Å². The van der Waals surface area contributed by atoms with E-state index >= 15 is 0 Å². The van der Waals surface area contributed by atoms with Crippen molar-refractivity contribution in [3.63, 3.8) is 0 Å². The minimum Gasteiger partial charge on any atom is -0.355 e. The summed E-state index contributed by atoms with van der Waals surface area (Å²) in [7, 11) is 0. The van der Waals surface area contributed by atoms with Gasteiger partial charge in [-0.15, -0.1) is 11.6 Å². The van der Waals surface area contributed by atoms with Gasteiger partial charge in [0.25, 0.3) is 0 Å². The Kier molecular flexibility index (Phi) is 4.73. The first-order valence-corrected chi connectivity index (χ1v) is 8.26. The third-order valence-electron chi connectivity index (χ3n) is 4.50. The maximum atomic E-state index is 5.83. The van der Waals surface area contributed by atoms with Crippen LogP contribution in [0.3, 0.4) is 0 Å². The summed E-state index contributed by atoms with van der Waals surface area (Å²) in [6.07, 6.45) is 10.3. The van der Waals surface area contributed by atoms with E-state index in [0.717, 1.165) is 30.6 Å². The first kappa shape index (κ1) is 14.1. The van der Waals surface area contributed by atoms with Crippen molar-refractivity contribution in [2.24, 2.45) is 0 Å². The van der Waals surface area contributed by atoms with Crippen LogP contribution in [0.1, 0.15) is 37.8 Å². The summed E-state index contributed by atoms with van der Waals surface area (Å²) in [4.78, 5) is 13.9. The van der Waals surface area contributed by atoms with Gasteiger partial charge in [-0.25, -0.2) is 4.98 Å². The van der Waals surface area contributed by atoms with Crippen LogP contribution in [-0.4, -0.2) is 47.1 Å². The number of hydrogen-bond acceptors (Lipinski definition) is 4. The van der Waals surface area contributed by atoms with Crippen molar-refractivity contribution in [3.8, 4) is 0 Å². The summed E-state index contributed by atoms with van der Waals surface area (Å²) in [5.74, 6) is 1.42. The number of halogens is 1. The largest absolute Gasteiger partial charge is 0.355 e. The van der Waals surface area contributed by atoms with Gasteiger partial charge in [-0.2, -0.15) is 0 Å². The highest BCUT2D eigenvalue weighted by Gasteiger charge is 2.26. The molecule has 0 bridgehead atoms. The molecule has 2 saturated heterocycles. The summed E-state index contributed by atoms with van der Waals surface area (Å²) < 4.78 is 0. The van der Waals surface area contributed by atoms with E-state index in [0.29, 0.717) is 5.88 Å². The number of anilines is 1. The first-order chi connectivity index (χ1) is 9.86. The quantitative estimate of drug-likeness (QED) is 0.802. The van der Waals surface area contributed by atoms with Crippen LogP contribution in [0, 0.1) is 0 Å². The van der Waals surface area contributed by atoms with Gasteiger partial charge >= 0.3 is 0 Å². The predicted octanol–water partition coefficient (Wildman–Crippen LogP) is 2.67. The third-order valence-corrected chi connectivity index (χ3v) is 4.78. The van der Waals surface area contributed by atoms with Crippen molar-refractivity contribution in [3.05, 3.63) is 18.1 Å². The molecule has 0 saturated carbocycles. The van der Waals surface area contributed by atoms with Crippen molar-refractivity contribution < 1.29 is 0 Å². The Morgan fingerprint density at radius 3 is 2.50 bits per heavy atom. The van der Waals surface area contributed by atoms with E-state index in [1.807, 2.05) is 6.20 Å². The Hall–Kier alpha value is -0.870. The predicted molar refractivity (Wildman–Crippen MR) is 82.2 cm³/mol. The molecule has 0 aliphatic carbocycles. The molecule has 110 valence electrons. The highest BCUT2D eigenvalue weighted by molar-refractivity contribution is 6.16. The van der Waals surface area contributed by atoms with E-state index in [1.165, 1.54) is 45.2 Å². The minimum atomic E-state index is 0.436. The lowest BCUT2D eigenvalue weighted by molar-refractivity contribution is 0.141. The molecule has 1 aromatic heterocycles. The number of hydrogen-bond donors (Lipinski definition) is 0. The molecule has 0 unspecified atom stereocenters. The number of aromatic nitrogens is 2. The molecule has 0 radical (unpaired) electrons. The molecule has 0 amide bonds. The second-order valence-electron chi connectivity index (χ2n) is 5.82. The molecule has 1 aromatic rings. The number of alkyl halides is 1. The van der Waals surface area contributed by atoms with E-state index in [9.17, 15) is 0 Å². The normalized spacial score (nSPS) is 22.1. The molecule has 20 heavy (non-hydrogen) atoms. The van der Waals surface area contributed by atoms with Gasteiger partial charge in [0.1, 0.15) is 5.82 Å². The Morgan fingerprint density at radius 1 is 1.05 bits per heavy atom. The number of piperidine rings is 2. The van der Waals surface area contributed by atoms with E-state index in [1.54, 1.807) is 6.20 Å². The smallest absolute Gasteiger partial charge is 0.147 e. The molecule has 2 fully saturated rings. The van der Waals surface area contributed by atoms with Crippen molar-refractivity contribution in [1.82, 2.24) is 14.9 Å². The van der Waals surface area contributed by atoms with Crippen LogP contribution in [0.2, 0.25) is 0 Å². The Morgan fingerprint density at radius 2 is 1.80 bits per heavy atom. The van der Waals surface area contributed by atoms with Gasteiger partial charge in [0.05, 0.1) is 17.8 Å². The molecular formula is C15H23ClN4. The highest BCUT2D eigenvalue weighted by atomic mass is 35.5. The van der Waals surface area contributed by atoms with Gasteiger partial charge in [0, 0.05) is 25.3 Å². The maximum absolute atomic E-state index is 5.83. The topological polar surface area (TPSA) is 32.3 Å². The van der Waals surface area contributed by atoms with Gasteiger partial charge in [-0.1, -0.05) is 6.42 Å². The lowest BCUT2D eigenvalue weighted by Crippen LogP contribution is -2.47.